The number of sulfonamides is 1. The van der Waals surface area contributed by atoms with Crippen LogP contribution in [0.1, 0.15) is 46.0 Å². The Kier molecular flexibility index (Phi) is 14.7. The Morgan fingerprint density at radius 3 is 2.38 bits per heavy atom. The number of amides is 2. The van der Waals surface area contributed by atoms with Gasteiger partial charge in [0.25, 0.3) is 5.69 Å². The summed E-state index contributed by atoms with van der Waals surface area (Å²) in [5.74, 6) is -3.28. The van der Waals surface area contributed by atoms with E-state index in [-0.39, 0.29) is 13.0 Å². The number of para-hydroxylation sites is 1. The van der Waals surface area contributed by atoms with Crippen molar-refractivity contribution in [2.24, 2.45) is 16.6 Å². The van der Waals surface area contributed by atoms with Crippen LogP contribution in [0.25, 0.3) is 0 Å². The summed E-state index contributed by atoms with van der Waals surface area (Å²) in [5.41, 5.74) is 5.06. The molecule has 0 heterocycles. The molecule has 0 saturated carbocycles. The van der Waals surface area contributed by atoms with Gasteiger partial charge < -0.3 is 20.7 Å². The average Bonchev–Trinajstić information content (AvgIpc) is 2.93. The number of aliphatic imine (C=N–C) groups is 1. The molecule has 2 atom stereocenters. The number of hydrogen-bond donors (Lipinski definition) is 2. The lowest BCUT2D eigenvalue weighted by molar-refractivity contribution is -0.387. The molecule has 0 spiro atoms. The number of nitrogens with zero attached hydrogens (tertiary/aromatic N) is 4. The van der Waals surface area contributed by atoms with Gasteiger partial charge in [-0.1, -0.05) is 18.6 Å². The number of nitro benzene ring substituents is 1. The van der Waals surface area contributed by atoms with E-state index in [1.54, 1.807) is 14.0 Å². The molecule has 0 radical (unpaired) electrons. The smallest absolute Gasteiger partial charge is 0.325 e. The maximum atomic E-state index is 13.4. The maximum Gasteiger partial charge on any atom is 0.325 e. The van der Waals surface area contributed by atoms with Gasteiger partial charge in [-0.2, -0.15) is 4.31 Å². The number of ketones is 1. The molecule has 0 aliphatic heterocycles. The minimum Gasteiger partial charge on any atom is -0.465 e. The number of hydrogen-bond acceptors (Lipinski definition) is 10. The number of carbonyl (C=O) groups is 4. The predicted octanol–water partition coefficient (Wildman–Crippen LogP) is 0.864. The second-order valence-electron chi connectivity index (χ2n) is 9.59. The van der Waals surface area contributed by atoms with E-state index in [4.69, 9.17) is 10.5 Å². The van der Waals surface area contributed by atoms with Crippen LogP contribution >= 0.6 is 0 Å². The van der Waals surface area contributed by atoms with Crippen LogP contribution in [0.3, 0.4) is 0 Å². The van der Waals surface area contributed by atoms with Gasteiger partial charge in [0, 0.05) is 53.5 Å². The molecule has 16 heteroatoms. The molecule has 1 aromatic carbocycles. The molecule has 0 aliphatic carbocycles. The van der Waals surface area contributed by atoms with Gasteiger partial charge >= 0.3 is 5.97 Å². The molecule has 15 nitrogen and oxygen atoms in total. The SMILES string of the molecule is CCOC(=O)CN(C)C(=O)[C@@H](CC(=O)[C@H](CCCCC(N)=NC)NC(C)=O)CN(C)S(=O)(=O)c1ccccc1[N+](=O)[O-]. The summed E-state index contributed by atoms with van der Waals surface area (Å²) in [7, 11) is -0.485. The van der Waals surface area contributed by atoms with Crippen LogP contribution < -0.4 is 11.1 Å². The van der Waals surface area contributed by atoms with Gasteiger partial charge in [0.15, 0.2) is 10.7 Å². The number of benzene rings is 1. The molecule has 234 valence electrons. The quantitative estimate of drug-likeness (QED) is 0.0596. The highest BCUT2D eigenvalue weighted by molar-refractivity contribution is 7.89. The second kappa shape index (κ2) is 17.1. The van der Waals surface area contributed by atoms with Gasteiger partial charge in [-0.15, -0.1) is 0 Å². The summed E-state index contributed by atoms with van der Waals surface area (Å²) in [6.07, 6.45) is 1.34. The first-order valence-electron chi connectivity index (χ1n) is 13.3. The molecule has 0 aliphatic rings. The number of unbranched alkanes of at least 4 members (excludes halogenated alkanes) is 1. The Morgan fingerprint density at radius 1 is 1.17 bits per heavy atom. The number of carbonyl (C=O) groups excluding carboxylic acids is 4. The van der Waals surface area contributed by atoms with Gasteiger partial charge in [-0.3, -0.25) is 34.3 Å². The maximum absolute atomic E-state index is 13.4. The number of esters is 1. The summed E-state index contributed by atoms with van der Waals surface area (Å²) >= 11 is 0. The summed E-state index contributed by atoms with van der Waals surface area (Å²) < 4.78 is 32.3. The summed E-state index contributed by atoms with van der Waals surface area (Å²) in [4.78, 5) is 65.6. The first kappa shape index (κ1) is 36.1. The number of Topliss-reactive ketones (excluding diaryl/α,β-unsaturated/α-hetero) is 1. The Bertz CT molecular complexity index is 1270. The zero-order valence-corrected chi connectivity index (χ0v) is 25.4. The van der Waals surface area contributed by atoms with Crippen LogP contribution in [0.5, 0.6) is 0 Å². The molecule has 1 aromatic rings. The number of amidine groups is 1. The van der Waals surface area contributed by atoms with Gasteiger partial charge in [-0.05, 0) is 25.8 Å². The van der Waals surface area contributed by atoms with Crippen molar-refractivity contribution in [1.29, 1.82) is 0 Å². The number of nitrogens with one attached hydrogen (secondary N) is 1. The number of ether oxygens (including phenoxy) is 1. The van der Waals surface area contributed by atoms with E-state index in [2.05, 4.69) is 10.3 Å². The van der Waals surface area contributed by atoms with E-state index in [0.29, 0.717) is 25.1 Å². The molecule has 0 aromatic heterocycles. The Labute approximate surface area is 245 Å². The fraction of sp³-hybridized carbons (Fsp3) is 0.577. The highest BCUT2D eigenvalue weighted by Crippen LogP contribution is 2.27. The second-order valence-corrected chi connectivity index (χ2v) is 11.6. The van der Waals surface area contributed by atoms with E-state index >= 15 is 0 Å². The fourth-order valence-corrected chi connectivity index (χ4v) is 5.50. The molecule has 0 bridgehead atoms. The third-order valence-electron chi connectivity index (χ3n) is 6.30. The minimum atomic E-state index is -4.48. The highest BCUT2D eigenvalue weighted by Gasteiger charge is 2.35. The lowest BCUT2D eigenvalue weighted by Gasteiger charge is -2.27. The Morgan fingerprint density at radius 2 is 1.81 bits per heavy atom. The molecular formula is C26H40N6O9S. The molecule has 0 unspecified atom stereocenters. The van der Waals surface area contributed by atoms with Gasteiger partial charge in [0.2, 0.25) is 21.8 Å². The summed E-state index contributed by atoms with van der Waals surface area (Å²) in [5, 5.41) is 14.0. The Hall–Kier alpha value is -3.92. The van der Waals surface area contributed by atoms with Gasteiger partial charge in [0.05, 0.1) is 29.3 Å². The molecule has 2 amide bonds. The van der Waals surface area contributed by atoms with Crippen molar-refractivity contribution in [3.05, 3.63) is 34.4 Å². The third-order valence-corrected chi connectivity index (χ3v) is 8.17. The molecular weight excluding hydrogens is 572 g/mol. The average molecular weight is 613 g/mol. The van der Waals surface area contributed by atoms with E-state index in [9.17, 15) is 37.7 Å². The van der Waals surface area contributed by atoms with Crippen LogP contribution in [0.2, 0.25) is 0 Å². The van der Waals surface area contributed by atoms with Crippen LogP contribution in [0.15, 0.2) is 34.2 Å². The number of rotatable bonds is 18. The predicted molar refractivity (Wildman–Crippen MR) is 154 cm³/mol. The first-order valence-corrected chi connectivity index (χ1v) is 14.7. The van der Waals surface area contributed by atoms with Crippen molar-refractivity contribution >= 4 is 45.1 Å². The number of nitro groups is 1. The van der Waals surface area contributed by atoms with Crippen molar-refractivity contribution in [3.63, 3.8) is 0 Å². The number of likely N-dealkylation sites (N-methyl/N-ethyl adjacent to an activating group) is 1. The Balaban J connectivity index is 3.30. The largest absolute Gasteiger partial charge is 0.465 e. The van der Waals surface area contributed by atoms with Crippen molar-refractivity contribution in [2.75, 3.05) is 40.8 Å². The molecule has 0 saturated heterocycles. The van der Waals surface area contributed by atoms with E-state index in [1.807, 2.05) is 0 Å². The van der Waals surface area contributed by atoms with Crippen molar-refractivity contribution in [3.8, 4) is 0 Å². The van der Waals surface area contributed by atoms with Gasteiger partial charge in [-0.25, -0.2) is 8.42 Å². The minimum absolute atomic E-state index is 0.0772. The molecule has 42 heavy (non-hydrogen) atoms. The topological polar surface area (TPSA) is 212 Å². The molecule has 3 N–H and O–H groups in total. The summed E-state index contributed by atoms with van der Waals surface area (Å²) in [6.45, 7) is 1.92. The first-order chi connectivity index (χ1) is 19.6. The van der Waals surface area contributed by atoms with Crippen LogP contribution in [-0.4, -0.2) is 98.8 Å². The van der Waals surface area contributed by atoms with Crippen molar-refractivity contribution < 1.29 is 37.3 Å². The van der Waals surface area contributed by atoms with Crippen molar-refractivity contribution in [2.45, 2.75) is 56.9 Å². The summed E-state index contributed by atoms with van der Waals surface area (Å²) in [6, 6.07) is 3.79. The van der Waals surface area contributed by atoms with Crippen LogP contribution in [0.4, 0.5) is 5.69 Å². The molecule has 0 fully saturated rings. The van der Waals surface area contributed by atoms with Crippen LogP contribution in [-0.2, 0) is 33.9 Å². The zero-order valence-electron chi connectivity index (χ0n) is 24.6. The number of nitrogens with two attached hydrogens (primary N) is 1. The van der Waals surface area contributed by atoms with E-state index in [0.717, 1.165) is 28.4 Å². The van der Waals surface area contributed by atoms with Crippen molar-refractivity contribution in [1.82, 2.24) is 14.5 Å². The van der Waals surface area contributed by atoms with Gasteiger partial charge in [0.1, 0.15) is 6.54 Å². The normalized spacial score (nSPS) is 13.2. The third kappa shape index (κ3) is 11.2. The highest BCUT2D eigenvalue weighted by atomic mass is 32.2. The fourth-order valence-electron chi connectivity index (χ4n) is 4.13. The van der Waals surface area contributed by atoms with E-state index < -0.39 is 80.6 Å². The van der Waals surface area contributed by atoms with Crippen LogP contribution in [0, 0.1) is 16.0 Å². The zero-order chi connectivity index (χ0) is 32.0. The lowest BCUT2D eigenvalue weighted by atomic mass is 9.94. The monoisotopic (exact) mass is 612 g/mol. The molecule has 1 rings (SSSR count). The lowest BCUT2D eigenvalue weighted by Crippen LogP contribution is -2.46. The standard InChI is InChI=1S/C26H40N6O9S/c1-6-41-25(35)17-30(4)26(36)19(15-22(34)20(29-18(2)33)11-7-10-14-24(27)28-3)16-31(5)42(39,40)23-13-9-8-12-21(23)32(37)38/h8-9,12-13,19-20H,6-7,10-11,14-17H2,1-5H3,(H2,27,28)(H,29,33)/t19-,20-/m0/s1. The van der Waals surface area contributed by atoms with E-state index in [1.165, 1.54) is 26.1 Å².